The molecule has 10 heteroatoms. The molecule has 0 N–H and O–H groups in total. The van der Waals surface area contributed by atoms with Crippen molar-refractivity contribution in [1.29, 1.82) is 0 Å². The summed E-state index contributed by atoms with van der Waals surface area (Å²) in [5, 5.41) is 0. The maximum atomic E-state index is 12.8. The molecule has 0 aliphatic carbocycles. The van der Waals surface area contributed by atoms with Crippen LogP contribution in [0, 0.1) is 0 Å². The molecule has 1 amide bonds. The summed E-state index contributed by atoms with van der Waals surface area (Å²) in [4.78, 5) is 18.7. The zero-order valence-corrected chi connectivity index (χ0v) is 17.5. The van der Waals surface area contributed by atoms with Crippen LogP contribution in [0.2, 0.25) is 0 Å². The van der Waals surface area contributed by atoms with E-state index in [2.05, 4.69) is 9.80 Å². The van der Waals surface area contributed by atoms with Crippen LogP contribution >= 0.6 is 0 Å². The number of carbonyl (C=O) groups excluding carboxylic acids is 1. The number of rotatable bonds is 4. The topological polar surface area (TPSA) is 76.6 Å². The summed E-state index contributed by atoms with van der Waals surface area (Å²) in [5.74, 6) is 0.104. The largest absolute Gasteiger partial charge is 0.372 e. The number of nitrogens with zero attached hydrogens (tertiary/aromatic N) is 5. The van der Waals surface area contributed by atoms with Crippen LogP contribution in [0.1, 0.15) is 13.8 Å². The molecule has 0 aromatic carbocycles. The highest BCUT2D eigenvalue weighted by Crippen LogP contribution is 2.15. The van der Waals surface area contributed by atoms with Crippen molar-refractivity contribution >= 4 is 16.1 Å². The molecule has 3 aliphatic heterocycles. The molecule has 0 saturated carbocycles. The van der Waals surface area contributed by atoms with Crippen LogP contribution in [0.3, 0.4) is 0 Å². The average molecular weight is 404 g/mol. The molecule has 3 rings (SSSR count). The van der Waals surface area contributed by atoms with Crippen molar-refractivity contribution in [3.8, 4) is 0 Å². The fourth-order valence-electron chi connectivity index (χ4n) is 3.97. The number of amides is 1. The van der Waals surface area contributed by atoms with Gasteiger partial charge in [-0.2, -0.15) is 17.0 Å². The number of morpholine rings is 1. The predicted octanol–water partition coefficient (Wildman–Crippen LogP) is -1.27. The van der Waals surface area contributed by atoms with Gasteiger partial charge in [0.05, 0.1) is 18.8 Å². The minimum Gasteiger partial charge on any atom is -0.372 e. The Morgan fingerprint density at radius 2 is 1.37 bits per heavy atom. The second-order valence-corrected chi connectivity index (χ2v) is 9.87. The zero-order valence-electron chi connectivity index (χ0n) is 16.7. The van der Waals surface area contributed by atoms with Gasteiger partial charge in [0.1, 0.15) is 0 Å². The lowest BCUT2D eigenvalue weighted by atomic mass is 10.2. The predicted molar refractivity (Wildman–Crippen MR) is 103 cm³/mol. The number of hydrogen-bond acceptors (Lipinski definition) is 6. The Labute approximate surface area is 163 Å². The molecule has 0 radical (unpaired) electrons. The number of likely N-dealkylation sites (N-methyl/N-ethyl adjacent to an activating group) is 1. The van der Waals surface area contributed by atoms with Gasteiger partial charge in [-0.05, 0) is 20.9 Å². The molecule has 3 fully saturated rings. The van der Waals surface area contributed by atoms with Gasteiger partial charge in [0.2, 0.25) is 5.91 Å². The van der Waals surface area contributed by atoms with Gasteiger partial charge in [-0.15, -0.1) is 0 Å². The van der Waals surface area contributed by atoms with Crippen LogP contribution < -0.4 is 0 Å². The fourth-order valence-corrected chi connectivity index (χ4v) is 5.55. The molecule has 0 aromatic rings. The SMILES string of the molecule is C[C@@H]1CN(C(=O)CN2CCN(S(=O)(=O)N3CCN(C)CC3)CC2)C[C@H](C)O1. The van der Waals surface area contributed by atoms with E-state index in [0.29, 0.717) is 58.9 Å². The quantitative estimate of drug-likeness (QED) is 0.583. The molecule has 0 bridgehead atoms. The van der Waals surface area contributed by atoms with Crippen molar-refractivity contribution in [3.05, 3.63) is 0 Å². The molecular weight excluding hydrogens is 370 g/mol. The van der Waals surface area contributed by atoms with E-state index in [0.717, 1.165) is 13.1 Å². The molecule has 0 unspecified atom stereocenters. The Kier molecular flexibility index (Phi) is 6.75. The van der Waals surface area contributed by atoms with Gasteiger partial charge in [0.15, 0.2) is 0 Å². The summed E-state index contributed by atoms with van der Waals surface area (Å²) < 4.78 is 34.5. The molecule has 27 heavy (non-hydrogen) atoms. The van der Waals surface area contributed by atoms with Gasteiger partial charge in [-0.3, -0.25) is 9.69 Å². The lowest BCUT2D eigenvalue weighted by Gasteiger charge is -2.40. The molecule has 9 nitrogen and oxygen atoms in total. The van der Waals surface area contributed by atoms with Crippen molar-refractivity contribution in [1.82, 2.24) is 23.3 Å². The first kappa shape index (κ1) is 20.9. The summed E-state index contributed by atoms with van der Waals surface area (Å²) in [5.41, 5.74) is 0. The van der Waals surface area contributed by atoms with Crippen molar-refractivity contribution in [3.63, 3.8) is 0 Å². The Morgan fingerprint density at radius 3 is 1.89 bits per heavy atom. The molecule has 0 aromatic heterocycles. The smallest absolute Gasteiger partial charge is 0.282 e. The second-order valence-electron chi connectivity index (χ2n) is 7.94. The fraction of sp³-hybridized carbons (Fsp3) is 0.941. The maximum Gasteiger partial charge on any atom is 0.282 e. The summed E-state index contributed by atoms with van der Waals surface area (Å²) in [6.07, 6.45) is 0.117. The van der Waals surface area contributed by atoms with Gasteiger partial charge in [0, 0.05) is 65.4 Å². The van der Waals surface area contributed by atoms with E-state index in [-0.39, 0.29) is 18.1 Å². The number of ether oxygens (including phenoxy) is 1. The number of hydrogen-bond donors (Lipinski definition) is 0. The van der Waals surface area contributed by atoms with Crippen LogP contribution in [0.15, 0.2) is 0 Å². The van der Waals surface area contributed by atoms with Crippen LogP contribution in [-0.2, 0) is 19.7 Å². The highest BCUT2D eigenvalue weighted by atomic mass is 32.2. The summed E-state index contributed by atoms with van der Waals surface area (Å²) in [6, 6.07) is 0. The van der Waals surface area contributed by atoms with Gasteiger partial charge >= 0.3 is 0 Å². The van der Waals surface area contributed by atoms with Crippen LogP contribution in [0.4, 0.5) is 0 Å². The van der Waals surface area contributed by atoms with E-state index in [1.54, 1.807) is 8.61 Å². The molecule has 3 aliphatic rings. The second kappa shape index (κ2) is 8.71. The summed E-state index contributed by atoms with van der Waals surface area (Å²) >= 11 is 0. The summed E-state index contributed by atoms with van der Waals surface area (Å²) in [6.45, 7) is 10.3. The highest BCUT2D eigenvalue weighted by Gasteiger charge is 2.34. The van der Waals surface area contributed by atoms with Crippen molar-refractivity contribution in [2.45, 2.75) is 26.1 Å². The Bertz CT molecular complexity index is 605. The third kappa shape index (κ3) is 5.18. The molecule has 3 heterocycles. The molecule has 156 valence electrons. The van der Waals surface area contributed by atoms with Gasteiger partial charge < -0.3 is 14.5 Å². The van der Waals surface area contributed by atoms with E-state index in [4.69, 9.17) is 4.74 Å². The van der Waals surface area contributed by atoms with Crippen molar-refractivity contribution in [2.75, 3.05) is 79.0 Å². The lowest BCUT2D eigenvalue weighted by molar-refractivity contribution is -0.144. The van der Waals surface area contributed by atoms with Crippen molar-refractivity contribution < 1.29 is 17.9 Å². The third-order valence-corrected chi connectivity index (χ3v) is 7.61. The third-order valence-electron chi connectivity index (χ3n) is 5.58. The van der Waals surface area contributed by atoms with Crippen molar-refractivity contribution in [2.24, 2.45) is 0 Å². The minimum atomic E-state index is -3.39. The highest BCUT2D eigenvalue weighted by molar-refractivity contribution is 7.86. The Hall–Kier alpha value is -0.780. The Balaban J connectivity index is 1.48. The number of piperazine rings is 2. The van der Waals surface area contributed by atoms with E-state index in [1.165, 1.54) is 0 Å². The van der Waals surface area contributed by atoms with Crippen LogP contribution in [-0.4, -0.2) is 129 Å². The summed E-state index contributed by atoms with van der Waals surface area (Å²) in [7, 11) is -1.38. The van der Waals surface area contributed by atoms with E-state index in [1.807, 2.05) is 25.8 Å². The van der Waals surface area contributed by atoms with Gasteiger partial charge in [-0.1, -0.05) is 0 Å². The number of carbonyl (C=O) groups is 1. The molecular formula is C17H33N5O4S. The first-order chi connectivity index (χ1) is 12.8. The van der Waals surface area contributed by atoms with Gasteiger partial charge in [0.25, 0.3) is 10.2 Å². The zero-order chi connectivity index (χ0) is 19.6. The van der Waals surface area contributed by atoms with E-state index in [9.17, 15) is 13.2 Å². The molecule has 3 saturated heterocycles. The van der Waals surface area contributed by atoms with Gasteiger partial charge in [-0.25, -0.2) is 0 Å². The van der Waals surface area contributed by atoms with Crippen LogP contribution in [0.25, 0.3) is 0 Å². The monoisotopic (exact) mass is 403 g/mol. The first-order valence-electron chi connectivity index (χ1n) is 9.85. The first-order valence-corrected chi connectivity index (χ1v) is 11.2. The maximum absolute atomic E-state index is 12.8. The molecule has 2 atom stereocenters. The van der Waals surface area contributed by atoms with E-state index >= 15 is 0 Å². The lowest BCUT2D eigenvalue weighted by Crippen LogP contribution is -2.58. The van der Waals surface area contributed by atoms with Crippen LogP contribution in [0.5, 0.6) is 0 Å². The average Bonchev–Trinajstić information content (AvgIpc) is 2.61. The van der Waals surface area contributed by atoms with E-state index < -0.39 is 10.2 Å². The normalized spacial score (nSPS) is 30.6. The Morgan fingerprint density at radius 1 is 0.889 bits per heavy atom. The standard InChI is InChI=1S/C17H33N5O4S/c1-15-12-20(13-16(2)26-15)17(23)14-19-6-10-22(11-7-19)27(24,25)21-8-4-18(3)5-9-21/h15-16H,4-14H2,1-3H3/t15-,16+. The minimum absolute atomic E-state index is 0.0586. The molecule has 0 spiro atoms.